The molecule has 1 N–H and O–H groups in total. The number of nitrogens with one attached hydrogen (secondary N) is 1. The van der Waals surface area contributed by atoms with Crippen LogP contribution in [-0.4, -0.2) is 22.0 Å². The van der Waals surface area contributed by atoms with Gasteiger partial charge in [0, 0.05) is 25.1 Å². The number of rotatable bonds is 17. The van der Waals surface area contributed by atoms with E-state index in [1.165, 1.54) is 74.7 Å². The Balaban J connectivity index is 1.37. The third-order valence-electron chi connectivity index (χ3n) is 6.90. The van der Waals surface area contributed by atoms with Crippen LogP contribution < -0.4 is 5.32 Å². The van der Waals surface area contributed by atoms with Crippen LogP contribution >= 0.6 is 0 Å². The first-order valence-electron chi connectivity index (χ1n) is 14.0. The summed E-state index contributed by atoms with van der Waals surface area (Å²) in [4.78, 5) is 17.2. The number of fused-ring (bicyclic) bond motifs is 1. The normalized spacial score (nSPS) is 11.3. The summed E-state index contributed by atoms with van der Waals surface area (Å²) in [5.41, 5.74) is 4.29. The first-order valence-corrected chi connectivity index (χ1v) is 14.0. The van der Waals surface area contributed by atoms with E-state index in [1.54, 1.807) is 0 Å². The van der Waals surface area contributed by atoms with Gasteiger partial charge >= 0.3 is 0 Å². The van der Waals surface area contributed by atoms with Gasteiger partial charge in [0.15, 0.2) is 0 Å². The molecule has 0 aliphatic carbocycles. The van der Waals surface area contributed by atoms with Gasteiger partial charge in [-0.25, -0.2) is 4.98 Å². The van der Waals surface area contributed by atoms with Crippen LogP contribution in [0, 0.1) is 6.92 Å². The Morgan fingerprint density at radius 1 is 0.800 bits per heavy atom. The highest BCUT2D eigenvalue weighted by Crippen LogP contribution is 2.19. The molecular weight excluding hydrogens is 430 g/mol. The summed E-state index contributed by atoms with van der Waals surface area (Å²) in [6.45, 7) is 6.10. The average Bonchev–Trinajstić information content (AvgIpc) is 3.22. The number of carbonyl (C=O) groups excluding carboxylic acids is 1. The summed E-state index contributed by atoms with van der Waals surface area (Å²) in [6.07, 6.45) is 16.4. The van der Waals surface area contributed by atoms with Crippen molar-refractivity contribution in [1.29, 1.82) is 0 Å². The second-order valence-corrected chi connectivity index (χ2v) is 9.93. The van der Waals surface area contributed by atoms with Gasteiger partial charge in [0.2, 0.25) is 0 Å². The fourth-order valence-corrected chi connectivity index (χ4v) is 4.74. The number of amides is 1. The number of nitrogens with zero attached hydrogens (tertiary/aromatic N) is 2. The molecule has 0 aliphatic rings. The number of unbranched alkanes of at least 4 members (excludes halogenated alkanes) is 10. The Morgan fingerprint density at radius 3 is 2.20 bits per heavy atom. The fourth-order valence-electron chi connectivity index (χ4n) is 4.74. The molecular formula is C31H45N3O. The van der Waals surface area contributed by atoms with E-state index in [-0.39, 0.29) is 5.91 Å². The summed E-state index contributed by atoms with van der Waals surface area (Å²) < 4.78 is 2.45. The Hall–Kier alpha value is -2.62. The van der Waals surface area contributed by atoms with Crippen molar-refractivity contribution in [2.75, 3.05) is 6.54 Å². The molecule has 0 saturated carbocycles. The van der Waals surface area contributed by atoms with Crippen molar-refractivity contribution in [3.8, 4) is 0 Å². The molecule has 0 atom stereocenters. The van der Waals surface area contributed by atoms with Gasteiger partial charge in [-0.3, -0.25) is 4.79 Å². The van der Waals surface area contributed by atoms with Gasteiger partial charge in [-0.1, -0.05) is 94.5 Å². The highest BCUT2D eigenvalue weighted by atomic mass is 16.1. The van der Waals surface area contributed by atoms with E-state index in [0.717, 1.165) is 49.9 Å². The Morgan fingerprint density at radius 2 is 1.46 bits per heavy atom. The summed E-state index contributed by atoms with van der Waals surface area (Å²) in [7, 11) is 0. The van der Waals surface area contributed by atoms with E-state index in [1.807, 2.05) is 31.2 Å². The third-order valence-corrected chi connectivity index (χ3v) is 6.90. The van der Waals surface area contributed by atoms with Crippen molar-refractivity contribution in [3.05, 3.63) is 65.5 Å². The van der Waals surface area contributed by atoms with Gasteiger partial charge in [0.05, 0.1) is 11.0 Å². The molecule has 0 unspecified atom stereocenters. The second kappa shape index (κ2) is 15.4. The van der Waals surface area contributed by atoms with E-state index >= 15 is 0 Å². The number of imidazole rings is 1. The van der Waals surface area contributed by atoms with Gasteiger partial charge in [-0.05, 0) is 50.5 Å². The number of hydrogen-bond acceptors (Lipinski definition) is 2. The lowest BCUT2D eigenvalue weighted by Crippen LogP contribution is -2.24. The van der Waals surface area contributed by atoms with Gasteiger partial charge in [-0.2, -0.15) is 0 Å². The average molecular weight is 476 g/mol. The maximum Gasteiger partial charge on any atom is 0.251 e. The van der Waals surface area contributed by atoms with Crippen LogP contribution in [0.15, 0.2) is 48.5 Å². The third kappa shape index (κ3) is 9.16. The molecule has 0 fully saturated rings. The summed E-state index contributed by atoms with van der Waals surface area (Å²) in [6, 6.07) is 16.3. The molecule has 4 heteroatoms. The molecule has 0 radical (unpaired) electrons. The molecule has 0 aliphatic heterocycles. The zero-order valence-electron chi connectivity index (χ0n) is 22.0. The minimum Gasteiger partial charge on any atom is -0.352 e. The molecule has 190 valence electrons. The lowest BCUT2D eigenvalue weighted by molar-refractivity contribution is 0.0953. The van der Waals surface area contributed by atoms with Crippen LogP contribution in [0.25, 0.3) is 11.0 Å². The van der Waals surface area contributed by atoms with Crippen molar-refractivity contribution in [3.63, 3.8) is 0 Å². The molecule has 0 saturated heterocycles. The molecule has 1 amide bonds. The maximum absolute atomic E-state index is 12.3. The van der Waals surface area contributed by atoms with Gasteiger partial charge < -0.3 is 9.88 Å². The van der Waals surface area contributed by atoms with E-state index in [4.69, 9.17) is 4.98 Å². The summed E-state index contributed by atoms with van der Waals surface area (Å²) in [5.74, 6) is 1.24. The van der Waals surface area contributed by atoms with Crippen LogP contribution in [0.2, 0.25) is 0 Å². The molecule has 35 heavy (non-hydrogen) atoms. The van der Waals surface area contributed by atoms with Crippen molar-refractivity contribution in [2.24, 2.45) is 0 Å². The molecule has 0 bridgehead atoms. The number of aromatic nitrogens is 2. The van der Waals surface area contributed by atoms with Gasteiger partial charge in [0.25, 0.3) is 5.91 Å². The van der Waals surface area contributed by atoms with Gasteiger partial charge in [0.1, 0.15) is 5.82 Å². The summed E-state index contributed by atoms with van der Waals surface area (Å²) >= 11 is 0. The molecule has 1 heterocycles. The number of hydrogen-bond donors (Lipinski definition) is 1. The molecule has 0 spiro atoms. The predicted molar refractivity (Wildman–Crippen MR) is 148 cm³/mol. The molecule has 4 nitrogen and oxygen atoms in total. The molecule has 2 aromatic carbocycles. The van der Waals surface area contributed by atoms with Crippen molar-refractivity contribution < 1.29 is 4.79 Å². The van der Waals surface area contributed by atoms with E-state index < -0.39 is 0 Å². The lowest BCUT2D eigenvalue weighted by Gasteiger charge is -2.10. The number of aryl methyl sites for hydroxylation is 3. The second-order valence-electron chi connectivity index (χ2n) is 9.93. The first-order chi connectivity index (χ1) is 17.2. The van der Waals surface area contributed by atoms with E-state index in [0.29, 0.717) is 0 Å². The molecule has 1 aromatic heterocycles. The topological polar surface area (TPSA) is 46.9 Å². The fraction of sp³-hybridized carbons (Fsp3) is 0.548. The molecule has 3 aromatic rings. The lowest BCUT2D eigenvalue weighted by atomic mass is 10.1. The Bertz CT molecular complexity index is 1010. The number of carbonyl (C=O) groups is 1. The number of para-hydroxylation sites is 2. The quantitative estimate of drug-likeness (QED) is 0.201. The van der Waals surface area contributed by atoms with E-state index in [2.05, 4.69) is 41.1 Å². The highest BCUT2D eigenvalue weighted by Gasteiger charge is 2.10. The van der Waals surface area contributed by atoms with Crippen LogP contribution in [0.5, 0.6) is 0 Å². The first kappa shape index (κ1) is 27.0. The highest BCUT2D eigenvalue weighted by molar-refractivity contribution is 5.94. The molecule has 3 rings (SSSR count). The van der Waals surface area contributed by atoms with Crippen LogP contribution in [0.4, 0.5) is 0 Å². The van der Waals surface area contributed by atoms with Crippen LogP contribution in [0.1, 0.15) is 106 Å². The smallest absolute Gasteiger partial charge is 0.251 e. The predicted octanol–water partition coefficient (Wildman–Crippen LogP) is 8.02. The van der Waals surface area contributed by atoms with Gasteiger partial charge in [-0.15, -0.1) is 0 Å². The largest absolute Gasteiger partial charge is 0.352 e. The summed E-state index contributed by atoms with van der Waals surface area (Å²) in [5, 5.41) is 3.05. The number of benzene rings is 2. The standard InChI is InChI=1S/C31H45N3O/c1-3-4-5-6-7-8-9-10-16-25-34-29-18-14-13-17-28(29)33-30(34)19-12-11-15-24-32-31(35)27-22-20-26(2)21-23-27/h13-14,17-18,20-23H,3-12,15-16,19,24-25H2,1-2H3,(H,32,35). The minimum absolute atomic E-state index is 0.0211. The zero-order chi connectivity index (χ0) is 24.7. The minimum atomic E-state index is 0.0211. The SMILES string of the molecule is CCCCCCCCCCCn1c(CCCCCNC(=O)c2ccc(C)cc2)nc2ccccc21. The van der Waals surface area contributed by atoms with Crippen LogP contribution in [0.3, 0.4) is 0 Å². The maximum atomic E-state index is 12.3. The Kier molecular flexibility index (Phi) is 11.9. The van der Waals surface area contributed by atoms with Crippen LogP contribution in [-0.2, 0) is 13.0 Å². The zero-order valence-corrected chi connectivity index (χ0v) is 22.0. The van der Waals surface area contributed by atoms with Crippen molar-refractivity contribution in [1.82, 2.24) is 14.9 Å². The Labute approximate surface area is 212 Å². The monoisotopic (exact) mass is 475 g/mol. The van der Waals surface area contributed by atoms with Crippen molar-refractivity contribution in [2.45, 2.75) is 104 Å². The van der Waals surface area contributed by atoms with Crippen molar-refractivity contribution >= 4 is 16.9 Å². The van der Waals surface area contributed by atoms with E-state index in [9.17, 15) is 4.79 Å².